The van der Waals surface area contributed by atoms with Crippen molar-refractivity contribution in [1.29, 1.82) is 0 Å². The number of nitrogen functional groups attached to an aromatic ring is 1. The van der Waals surface area contributed by atoms with E-state index in [0.29, 0.717) is 9.26 Å². The van der Waals surface area contributed by atoms with Crippen LogP contribution in [0, 0.1) is 21.0 Å². The zero-order valence-electron chi connectivity index (χ0n) is 9.88. The lowest BCUT2D eigenvalue weighted by atomic mass is 10.1. The van der Waals surface area contributed by atoms with E-state index in [4.69, 9.17) is 5.73 Å². The van der Waals surface area contributed by atoms with E-state index in [0.717, 1.165) is 12.1 Å². The van der Waals surface area contributed by atoms with Crippen LogP contribution in [0.1, 0.15) is 10.4 Å². The van der Waals surface area contributed by atoms with Crippen LogP contribution in [-0.2, 0) is 0 Å². The van der Waals surface area contributed by atoms with Crippen molar-refractivity contribution in [3.8, 4) is 0 Å². The predicted octanol–water partition coefficient (Wildman–Crippen LogP) is 3.54. The topological polar surface area (TPSA) is 55.1 Å². The zero-order chi connectivity index (χ0) is 14.9. The Bertz CT molecular complexity index is 668. The van der Waals surface area contributed by atoms with Crippen molar-refractivity contribution in [1.82, 2.24) is 0 Å². The van der Waals surface area contributed by atoms with Crippen LogP contribution in [0.5, 0.6) is 0 Å². The summed E-state index contributed by atoms with van der Waals surface area (Å²) < 4.78 is 39.9. The van der Waals surface area contributed by atoms with Crippen LogP contribution in [0.4, 0.5) is 24.5 Å². The average Bonchev–Trinajstić information content (AvgIpc) is 2.38. The number of benzene rings is 2. The van der Waals surface area contributed by atoms with Gasteiger partial charge in [-0.2, -0.15) is 0 Å². The van der Waals surface area contributed by atoms with Gasteiger partial charge in [0.05, 0.1) is 5.69 Å². The van der Waals surface area contributed by atoms with Gasteiger partial charge >= 0.3 is 0 Å². The number of halogens is 4. The second kappa shape index (κ2) is 5.70. The van der Waals surface area contributed by atoms with Gasteiger partial charge in [0.1, 0.15) is 23.1 Å². The quantitative estimate of drug-likeness (QED) is 0.607. The van der Waals surface area contributed by atoms with Crippen molar-refractivity contribution in [2.24, 2.45) is 0 Å². The first kappa shape index (κ1) is 14.6. The van der Waals surface area contributed by atoms with E-state index in [1.165, 1.54) is 18.2 Å². The van der Waals surface area contributed by atoms with E-state index in [9.17, 15) is 18.0 Å². The van der Waals surface area contributed by atoms with Crippen LogP contribution in [0.2, 0.25) is 0 Å². The van der Waals surface area contributed by atoms with Gasteiger partial charge in [-0.05, 0) is 52.9 Å². The Kier molecular flexibility index (Phi) is 4.17. The highest BCUT2D eigenvalue weighted by Gasteiger charge is 2.14. The molecule has 0 aliphatic heterocycles. The largest absolute Gasteiger partial charge is 0.394 e. The molecule has 0 bridgehead atoms. The van der Waals surface area contributed by atoms with Gasteiger partial charge in [0.25, 0.3) is 5.91 Å². The van der Waals surface area contributed by atoms with Crippen molar-refractivity contribution in [2.75, 3.05) is 11.1 Å². The molecule has 0 atom stereocenters. The molecule has 104 valence electrons. The van der Waals surface area contributed by atoms with E-state index < -0.39 is 29.0 Å². The summed E-state index contributed by atoms with van der Waals surface area (Å²) in [6.45, 7) is 0. The second-order valence-corrected chi connectivity index (χ2v) is 5.09. The lowest BCUT2D eigenvalue weighted by Crippen LogP contribution is -2.14. The van der Waals surface area contributed by atoms with Crippen LogP contribution in [-0.4, -0.2) is 5.91 Å². The van der Waals surface area contributed by atoms with Gasteiger partial charge in [0.2, 0.25) is 0 Å². The summed E-state index contributed by atoms with van der Waals surface area (Å²) in [4.78, 5) is 11.9. The number of carbonyl (C=O) groups excluding carboxylic acids is 1. The van der Waals surface area contributed by atoms with E-state index in [2.05, 4.69) is 5.32 Å². The Balaban J connectivity index is 2.28. The molecule has 1 amide bonds. The summed E-state index contributed by atoms with van der Waals surface area (Å²) in [6.07, 6.45) is 0. The highest BCUT2D eigenvalue weighted by molar-refractivity contribution is 14.1. The first-order valence-electron chi connectivity index (χ1n) is 5.39. The van der Waals surface area contributed by atoms with Crippen LogP contribution >= 0.6 is 22.6 Å². The van der Waals surface area contributed by atoms with Crippen molar-refractivity contribution >= 4 is 39.9 Å². The molecule has 0 fully saturated rings. The number of nitrogens with two attached hydrogens (primary N) is 1. The Hall–Kier alpha value is -1.77. The number of hydrogen-bond acceptors (Lipinski definition) is 2. The summed E-state index contributed by atoms with van der Waals surface area (Å²) in [6, 6.07) is 5.43. The SMILES string of the molecule is Nc1c(F)cc(C(=O)Nc2ccc(F)cc2I)cc1F. The highest BCUT2D eigenvalue weighted by atomic mass is 127. The molecule has 0 unspecified atom stereocenters. The number of carbonyl (C=O) groups is 1. The fourth-order valence-corrected chi connectivity index (χ4v) is 2.11. The van der Waals surface area contributed by atoms with E-state index >= 15 is 0 Å². The third kappa shape index (κ3) is 3.03. The third-order valence-electron chi connectivity index (χ3n) is 2.52. The van der Waals surface area contributed by atoms with Gasteiger partial charge < -0.3 is 11.1 Å². The lowest BCUT2D eigenvalue weighted by Gasteiger charge is -2.08. The predicted molar refractivity (Wildman–Crippen MR) is 77.8 cm³/mol. The number of amides is 1. The zero-order valence-corrected chi connectivity index (χ0v) is 12.0. The second-order valence-electron chi connectivity index (χ2n) is 3.93. The van der Waals surface area contributed by atoms with E-state index in [1.54, 1.807) is 0 Å². The van der Waals surface area contributed by atoms with Crippen molar-refractivity contribution < 1.29 is 18.0 Å². The molecule has 0 radical (unpaired) electrons. The number of rotatable bonds is 2. The van der Waals surface area contributed by atoms with Gasteiger partial charge in [-0.25, -0.2) is 13.2 Å². The molecule has 0 heterocycles. The van der Waals surface area contributed by atoms with Crippen LogP contribution in [0.15, 0.2) is 30.3 Å². The minimum atomic E-state index is -1.01. The molecule has 2 aromatic carbocycles. The lowest BCUT2D eigenvalue weighted by molar-refractivity contribution is 0.102. The first-order valence-corrected chi connectivity index (χ1v) is 6.47. The van der Waals surface area contributed by atoms with Crippen molar-refractivity contribution in [3.63, 3.8) is 0 Å². The highest BCUT2D eigenvalue weighted by Crippen LogP contribution is 2.21. The molecule has 0 aliphatic carbocycles. The Morgan fingerprint density at radius 3 is 2.25 bits per heavy atom. The number of anilines is 2. The Morgan fingerprint density at radius 1 is 1.10 bits per heavy atom. The molecular formula is C13H8F3IN2O. The van der Waals surface area contributed by atoms with E-state index in [1.807, 2.05) is 22.6 Å². The van der Waals surface area contributed by atoms with Crippen LogP contribution < -0.4 is 11.1 Å². The Labute approximate surface area is 126 Å². The Morgan fingerprint density at radius 2 is 1.70 bits per heavy atom. The minimum Gasteiger partial charge on any atom is -0.394 e. The van der Waals surface area contributed by atoms with Gasteiger partial charge in [0.15, 0.2) is 0 Å². The summed E-state index contributed by atoms with van der Waals surface area (Å²) in [5.41, 5.74) is 4.61. The number of nitrogens with one attached hydrogen (secondary N) is 1. The molecule has 7 heteroatoms. The molecule has 2 rings (SSSR count). The summed E-state index contributed by atoms with van der Waals surface area (Å²) in [5, 5.41) is 2.44. The van der Waals surface area contributed by atoms with Crippen LogP contribution in [0.3, 0.4) is 0 Å². The summed E-state index contributed by atoms with van der Waals surface area (Å²) in [5.74, 6) is -3.18. The number of hydrogen-bond donors (Lipinski definition) is 2. The van der Waals surface area contributed by atoms with Crippen LogP contribution in [0.25, 0.3) is 0 Å². The maximum atomic E-state index is 13.3. The van der Waals surface area contributed by atoms with E-state index in [-0.39, 0.29) is 5.56 Å². The fourth-order valence-electron chi connectivity index (χ4n) is 1.50. The molecule has 3 nitrogen and oxygen atoms in total. The van der Waals surface area contributed by atoms with Crippen molar-refractivity contribution in [2.45, 2.75) is 0 Å². The van der Waals surface area contributed by atoms with Gasteiger partial charge in [0, 0.05) is 9.13 Å². The molecule has 20 heavy (non-hydrogen) atoms. The van der Waals surface area contributed by atoms with Gasteiger partial charge in [-0.1, -0.05) is 0 Å². The molecule has 3 N–H and O–H groups in total. The maximum absolute atomic E-state index is 13.3. The van der Waals surface area contributed by atoms with Gasteiger partial charge in [-0.3, -0.25) is 4.79 Å². The monoisotopic (exact) mass is 392 g/mol. The smallest absolute Gasteiger partial charge is 0.255 e. The third-order valence-corrected chi connectivity index (χ3v) is 3.41. The molecule has 0 saturated heterocycles. The first-order chi connectivity index (χ1) is 9.38. The molecule has 0 aromatic heterocycles. The normalized spacial score (nSPS) is 10.4. The van der Waals surface area contributed by atoms with Gasteiger partial charge in [-0.15, -0.1) is 0 Å². The molecular weight excluding hydrogens is 384 g/mol. The summed E-state index contributed by atoms with van der Waals surface area (Å²) >= 11 is 1.83. The molecule has 0 saturated carbocycles. The van der Waals surface area contributed by atoms with Crippen molar-refractivity contribution in [3.05, 3.63) is 56.9 Å². The fraction of sp³-hybridized carbons (Fsp3) is 0. The maximum Gasteiger partial charge on any atom is 0.255 e. The standard InChI is InChI=1S/C13H8F3IN2O/c14-7-1-2-11(10(17)5-7)19-13(20)6-3-8(15)12(18)9(16)4-6/h1-5H,18H2,(H,19,20). The molecule has 0 spiro atoms. The minimum absolute atomic E-state index is 0.214. The molecule has 2 aromatic rings. The molecule has 0 aliphatic rings. The summed E-state index contributed by atoms with van der Waals surface area (Å²) in [7, 11) is 0. The average molecular weight is 392 g/mol.